The van der Waals surface area contributed by atoms with E-state index in [0.717, 1.165) is 30.6 Å². The van der Waals surface area contributed by atoms with Crippen LogP contribution < -0.4 is 11.1 Å². The number of nitrogens with zero attached hydrogens (tertiary/aromatic N) is 1. The van der Waals surface area contributed by atoms with Crippen LogP contribution in [0.15, 0.2) is 18.3 Å². The zero-order valence-corrected chi connectivity index (χ0v) is 11.1. The Labute approximate surface area is 108 Å². The molecule has 1 aromatic heterocycles. The highest BCUT2D eigenvalue weighted by Crippen LogP contribution is 2.31. The van der Waals surface area contributed by atoms with E-state index in [0.29, 0.717) is 5.92 Å². The first-order chi connectivity index (χ1) is 8.49. The summed E-state index contributed by atoms with van der Waals surface area (Å²) in [4.78, 5) is 16.4. The maximum Gasteiger partial charge on any atom is 0.244 e. The number of carbonyl (C=O) groups excluding carboxylic acids is 1. The summed E-state index contributed by atoms with van der Waals surface area (Å²) in [5, 5.41) is 2.91. The number of nitrogens with one attached hydrogen (secondary N) is 1. The van der Waals surface area contributed by atoms with E-state index in [1.54, 1.807) is 12.3 Å². The van der Waals surface area contributed by atoms with Crippen molar-refractivity contribution in [3.63, 3.8) is 0 Å². The van der Waals surface area contributed by atoms with Gasteiger partial charge in [-0.3, -0.25) is 9.78 Å². The van der Waals surface area contributed by atoms with Crippen LogP contribution in [0.25, 0.3) is 0 Å². The van der Waals surface area contributed by atoms with Crippen LogP contribution in [-0.2, 0) is 4.79 Å². The molecular formula is C14H21N3O. The van der Waals surface area contributed by atoms with Gasteiger partial charge in [-0.25, -0.2) is 0 Å². The number of rotatable bonds is 2. The summed E-state index contributed by atoms with van der Waals surface area (Å²) in [6, 6.07) is 3.65. The molecule has 2 unspecified atom stereocenters. The SMILES string of the molecule is Cc1cc(NC(=O)C2(N)CCCC(C)C2)ccn1. The lowest BCUT2D eigenvalue weighted by atomic mass is 9.76. The molecule has 1 amide bonds. The lowest BCUT2D eigenvalue weighted by molar-refractivity contribution is -0.122. The molecule has 4 heteroatoms. The van der Waals surface area contributed by atoms with Crippen LogP contribution in [0.5, 0.6) is 0 Å². The first kappa shape index (κ1) is 13.0. The Bertz CT molecular complexity index is 446. The molecule has 0 spiro atoms. The number of pyridine rings is 1. The van der Waals surface area contributed by atoms with Crippen LogP contribution in [0.4, 0.5) is 5.69 Å². The topological polar surface area (TPSA) is 68.0 Å². The lowest BCUT2D eigenvalue weighted by Crippen LogP contribution is -2.53. The molecule has 1 saturated carbocycles. The van der Waals surface area contributed by atoms with E-state index in [1.165, 1.54) is 6.42 Å². The summed E-state index contributed by atoms with van der Waals surface area (Å²) in [5.41, 5.74) is 7.20. The van der Waals surface area contributed by atoms with Crippen molar-refractivity contribution in [3.05, 3.63) is 24.0 Å². The molecule has 0 aromatic carbocycles. The molecule has 0 aliphatic heterocycles. The summed E-state index contributed by atoms with van der Waals surface area (Å²) in [6.45, 7) is 4.06. The highest BCUT2D eigenvalue weighted by molar-refractivity contribution is 5.98. The Hall–Kier alpha value is -1.42. The molecule has 1 fully saturated rings. The third-order valence-corrected chi connectivity index (χ3v) is 3.64. The van der Waals surface area contributed by atoms with Crippen molar-refractivity contribution in [3.8, 4) is 0 Å². The van der Waals surface area contributed by atoms with Gasteiger partial charge in [-0.1, -0.05) is 19.8 Å². The molecule has 1 aliphatic rings. The fraction of sp³-hybridized carbons (Fsp3) is 0.571. The van der Waals surface area contributed by atoms with Crippen molar-refractivity contribution >= 4 is 11.6 Å². The van der Waals surface area contributed by atoms with Gasteiger partial charge in [-0.2, -0.15) is 0 Å². The van der Waals surface area contributed by atoms with Gasteiger partial charge in [0, 0.05) is 17.6 Å². The first-order valence-corrected chi connectivity index (χ1v) is 6.52. The Morgan fingerprint density at radius 1 is 1.61 bits per heavy atom. The maximum absolute atomic E-state index is 12.3. The van der Waals surface area contributed by atoms with Gasteiger partial charge in [-0.15, -0.1) is 0 Å². The van der Waals surface area contributed by atoms with Crippen molar-refractivity contribution < 1.29 is 4.79 Å². The van der Waals surface area contributed by atoms with Gasteiger partial charge in [0.2, 0.25) is 5.91 Å². The number of amides is 1. The van der Waals surface area contributed by atoms with Crippen LogP contribution in [-0.4, -0.2) is 16.4 Å². The van der Waals surface area contributed by atoms with E-state index >= 15 is 0 Å². The number of anilines is 1. The smallest absolute Gasteiger partial charge is 0.244 e. The van der Waals surface area contributed by atoms with E-state index in [1.807, 2.05) is 13.0 Å². The number of hydrogen-bond acceptors (Lipinski definition) is 3. The fourth-order valence-electron chi connectivity index (χ4n) is 2.68. The third-order valence-electron chi connectivity index (χ3n) is 3.64. The number of aryl methyl sites for hydroxylation is 1. The number of carbonyl (C=O) groups is 1. The normalized spacial score (nSPS) is 27.8. The maximum atomic E-state index is 12.3. The van der Waals surface area contributed by atoms with Gasteiger partial charge in [0.05, 0.1) is 5.54 Å². The minimum Gasteiger partial charge on any atom is -0.324 e. The van der Waals surface area contributed by atoms with Crippen molar-refractivity contribution in [2.75, 3.05) is 5.32 Å². The summed E-state index contributed by atoms with van der Waals surface area (Å²) < 4.78 is 0. The molecule has 0 radical (unpaired) electrons. The van der Waals surface area contributed by atoms with Crippen molar-refractivity contribution in [1.82, 2.24) is 4.98 Å². The molecular weight excluding hydrogens is 226 g/mol. The molecule has 4 nitrogen and oxygen atoms in total. The van der Waals surface area contributed by atoms with E-state index in [2.05, 4.69) is 17.2 Å². The summed E-state index contributed by atoms with van der Waals surface area (Å²) >= 11 is 0. The van der Waals surface area contributed by atoms with Crippen molar-refractivity contribution in [2.24, 2.45) is 11.7 Å². The molecule has 2 atom stereocenters. The molecule has 2 rings (SSSR count). The Morgan fingerprint density at radius 2 is 2.39 bits per heavy atom. The summed E-state index contributed by atoms with van der Waals surface area (Å²) in [7, 11) is 0. The predicted molar refractivity (Wildman–Crippen MR) is 72.2 cm³/mol. The Morgan fingerprint density at radius 3 is 3.06 bits per heavy atom. The minimum absolute atomic E-state index is 0.0698. The van der Waals surface area contributed by atoms with Crippen LogP contribution in [0.2, 0.25) is 0 Å². The number of nitrogens with two attached hydrogens (primary N) is 1. The highest BCUT2D eigenvalue weighted by atomic mass is 16.2. The molecule has 1 aliphatic carbocycles. The Balaban J connectivity index is 2.07. The second-order valence-electron chi connectivity index (χ2n) is 5.50. The first-order valence-electron chi connectivity index (χ1n) is 6.52. The molecule has 1 aromatic rings. The van der Waals surface area contributed by atoms with E-state index < -0.39 is 5.54 Å². The molecule has 1 heterocycles. The van der Waals surface area contributed by atoms with Gasteiger partial charge in [0.25, 0.3) is 0 Å². The van der Waals surface area contributed by atoms with Gasteiger partial charge in [0.15, 0.2) is 0 Å². The zero-order valence-electron chi connectivity index (χ0n) is 11.1. The van der Waals surface area contributed by atoms with Gasteiger partial charge in [0.1, 0.15) is 0 Å². The lowest BCUT2D eigenvalue weighted by Gasteiger charge is -2.35. The van der Waals surface area contributed by atoms with Crippen LogP contribution >= 0.6 is 0 Å². The van der Waals surface area contributed by atoms with E-state index in [9.17, 15) is 4.79 Å². The average molecular weight is 247 g/mol. The molecule has 3 N–H and O–H groups in total. The van der Waals surface area contributed by atoms with Crippen molar-refractivity contribution in [1.29, 1.82) is 0 Å². The van der Waals surface area contributed by atoms with Crippen LogP contribution in [0.3, 0.4) is 0 Å². The van der Waals surface area contributed by atoms with Crippen LogP contribution in [0, 0.1) is 12.8 Å². The molecule has 0 bridgehead atoms. The molecule has 0 saturated heterocycles. The van der Waals surface area contributed by atoms with E-state index in [4.69, 9.17) is 5.73 Å². The van der Waals surface area contributed by atoms with Gasteiger partial charge >= 0.3 is 0 Å². The standard InChI is InChI=1S/C14H21N3O/c1-10-4-3-6-14(15,9-10)13(18)17-12-5-7-16-11(2)8-12/h5,7-8,10H,3-4,6,9,15H2,1-2H3,(H,16,17,18). The quantitative estimate of drug-likeness (QED) is 0.842. The van der Waals surface area contributed by atoms with E-state index in [-0.39, 0.29) is 5.91 Å². The molecule has 98 valence electrons. The Kier molecular flexibility index (Phi) is 3.66. The second kappa shape index (κ2) is 5.06. The summed E-state index contributed by atoms with van der Waals surface area (Å²) in [6.07, 6.45) is 5.43. The van der Waals surface area contributed by atoms with Crippen LogP contribution in [0.1, 0.15) is 38.3 Å². The van der Waals surface area contributed by atoms with Gasteiger partial charge in [-0.05, 0) is 37.8 Å². The van der Waals surface area contributed by atoms with Gasteiger partial charge < -0.3 is 11.1 Å². The predicted octanol–water partition coefficient (Wildman–Crippen LogP) is 2.24. The number of aromatic nitrogens is 1. The zero-order chi connectivity index (χ0) is 13.2. The highest BCUT2D eigenvalue weighted by Gasteiger charge is 2.37. The summed E-state index contributed by atoms with van der Waals surface area (Å²) in [5.74, 6) is 0.452. The third kappa shape index (κ3) is 2.88. The fourth-order valence-corrected chi connectivity index (χ4v) is 2.68. The largest absolute Gasteiger partial charge is 0.324 e. The monoisotopic (exact) mass is 247 g/mol. The number of hydrogen-bond donors (Lipinski definition) is 2. The molecule has 18 heavy (non-hydrogen) atoms. The minimum atomic E-state index is -0.713. The average Bonchev–Trinajstić information content (AvgIpc) is 2.28. The second-order valence-corrected chi connectivity index (χ2v) is 5.50. The van der Waals surface area contributed by atoms with Crippen molar-refractivity contribution in [2.45, 2.75) is 45.1 Å².